The SMILES string of the molecule is Cl.Cl.[CH3][Zr]([CH3])(=[SiH2])([CH]1C=Cc2c(-c3cccc4ccccc34)cccc21)[CH]1C=Cc2c(-c3cccc4ccccc34)cccc21. The van der Waals surface area contributed by atoms with Crippen LogP contribution in [0.1, 0.15) is 29.5 Å². The molecule has 0 saturated carbocycles. The molecule has 2 unspecified atom stereocenters. The average molecular weight is 707 g/mol. The van der Waals surface area contributed by atoms with E-state index in [0.717, 1.165) is 0 Å². The van der Waals surface area contributed by atoms with Gasteiger partial charge >= 0.3 is 252 Å². The third-order valence-electron chi connectivity index (χ3n) is 10.1. The van der Waals surface area contributed by atoms with E-state index in [1.807, 2.05) is 0 Å². The van der Waals surface area contributed by atoms with Gasteiger partial charge in [-0.3, -0.25) is 0 Å². The summed E-state index contributed by atoms with van der Waals surface area (Å²) in [6.07, 6.45) is 10.0. The molecule has 0 nitrogen and oxygen atoms in total. The minimum absolute atomic E-state index is 0. The molecule has 0 saturated heterocycles. The van der Waals surface area contributed by atoms with E-state index < -0.39 is 17.4 Å². The van der Waals surface area contributed by atoms with Crippen molar-refractivity contribution >= 4 is 65.4 Å². The predicted molar refractivity (Wildman–Crippen MR) is 197 cm³/mol. The summed E-state index contributed by atoms with van der Waals surface area (Å²) < 4.78 is 6.39. The molecule has 4 heteroatoms. The Morgan fingerprint density at radius 2 is 0.818 bits per heavy atom. The van der Waals surface area contributed by atoms with Crippen LogP contribution in [0.4, 0.5) is 0 Å². The molecule has 0 aliphatic heterocycles. The normalized spacial score (nSPS) is 16.8. The molecule has 218 valence electrons. The van der Waals surface area contributed by atoms with E-state index >= 15 is 0 Å². The summed E-state index contributed by atoms with van der Waals surface area (Å²) in [7, 11) is 0. The van der Waals surface area contributed by atoms with Crippen LogP contribution in [-0.2, 0) is 17.4 Å². The number of fused-ring (bicyclic) bond motifs is 4. The quantitative estimate of drug-likeness (QED) is 0.160. The maximum absolute atomic E-state index is 3.49. The molecule has 0 amide bonds. The molecule has 0 heterocycles. The number of allylic oxidation sites excluding steroid dienone is 2. The van der Waals surface area contributed by atoms with Crippen molar-refractivity contribution in [1.82, 2.24) is 0 Å². The zero-order chi connectivity index (χ0) is 28.5. The van der Waals surface area contributed by atoms with Gasteiger partial charge in [0, 0.05) is 0 Å². The fourth-order valence-electron chi connectivity index (χ4n) is 7.91. The van der Waals surface area contributed by atoms with Gasteiger partial charge in [0.05, 0.1) is 0 Å². The third-order valence-corrected chi connectivity index (χ3v) is 27.8. The Balaban J connectivity index is 0.00000171. The van der Waals surface area contributed by atoms with Crippen LogP contribution in [0.25, 0.3) is 56.0 Å². The number of benzene rings is 6. The van der Waals surface area contributed by atoms with Crippen LogP contribution in [0.3, 0.4) is 0 Å². The molecule has 6 aromatic carbocycles. The van der Waals surface area contributed by atoms with Crippen molar-refractivity contribution < 1.29 is 17.4 Å². The second kappa shape index (κ2) is 11.4. The summed E-state index contributed by atoms with van der Waals surface area (Å²) in [4.78, 5) is 0. The first kappa shape index (κ1) is 31.0. The van der Waals surface area contributed by atoms with E-state index in [9.17, 15) is 0 Å². The summed E-state index contributed by atoms with van der Waals surface area (Å²) in [5, 5.41) is 5.26. The Labute approximate surface area is 275 Å². The van der Waals surface area contributed by atoms with Crippen molar-refractivity contribution in [2.45, 2.75) is 16.5 Å². The van der Waals surface area contributed by atoms with E-state index in [-0.39, 0.29) is 24.8 Å². The topological polar surface area (TPSA) is 0 Å². The first-order valence-corrected chi connectivity index (χ1v) is 28.7. The van der Waals surface area contributed by atoms with Crippen molar-refractivity contribution in [2.75, 3.05) is 0 Å². The van der Waals surface area contributed by atoms with Crippen LogP contribution >= 0.6 is 24.8 Å². The zero-order valence-corrected chi connectivity index (χ0v) is 30.5. The van der Waals surface area contributed by atoms with E-state index in [1.54, 1.807) is 0 Å². The van der Waals surface area contributed by atoms with Crippen LogP contribution in [0.2, 0.25) is 9.26 Å². The van der Waals surface area contributed by atoms with Gasteiger partial charge in [0.25, 0.3) is 0 Å². The van der Waals surface area contributed by atoms with Crippen LogP contribution < -0.4 is 0 Å². The molecule has 2 aliphatic rings. The fraction of sp³-hybridized carbons (Fsp3) is 0.100. The summed E-state index contributed by atoms with van der Waals surface area (Å²) >= 11 is -3.49. The molecule has 0 radical (unpaired) electrons. The standard InChI is InChI=1S/2C19H13.2CH3.2ClH.H2Si.Zr/c2*1-2-10-16-14(6-1)8-4-12-18(16)19-13-5-9-15-7-3-11-17(15)19;;;;;;/h2*1-13H;2*1H3;2*1H;1H2;. The van der Waals surface area contributed by atoms with Gasteiger partial charge in [0.2, 0.25) is 0 Å². The number of hydrogen-bond donors (Lipinski definition) is 0. The van der Waals surface area contributed by atoms with Crippen LogP contribution in [0.15, 0.2) is 133 Å². The monoisotopic (exact) mass is 704 g/mol. The molecule has 2 aliphatic carbocycles. The van der Waals surface area contributed by atoms with Gasteiger partial charge in [-0.15, -0.1) is 24.8 Å². The Kier molecular flexibility index (Phi) is 8.04. The maximum atomic E-state index is 2.70. The van der Waals surface area contributed by atoms with Gasteiger partial charge < -0.3 is 0 Å². The molecule has 44 heavy (non-hydrogen) atoms. The molecule has 6 aromatic rings. The molecular weight excluding hydrogens is 671 g/mol. The van der Waals surface area contributed by atoms with Gasteiger partial charge in [-0.1, -0.05) is 0 Å². The van der Waals surface area contributed by atoms with E-state index in [1.165, 1.54) is 66.1 Å². The summed E-state index contributed by atoms with van der Waals surface area (Å²) in [5.41, 5.74) is 11.3. The first-order chi connectivity index (χ1) is 20.4. The van der Waals surface area contributed by atoms with Gasteiger partial charge in [0.15, 0.2) is 0 Å². The van der Waals surface area contributed by atoms with Crippen molar-refractivity contribution in [2.24, 2.45) is 0 Å². The van der Waals surface area contributed by atoms with E-state index in [0.29, 0.717) is 7.25 Å². The van der Waals surface area contributed by atoms with E-state index in [2.05, 4.69) is 162 Å². The van der Waals surface area contributed by atoms with Crippen LogP contribution in [0, 0.1) is 0 Å². The minimum atomic E-state index is -3.49. The fourth-order valence-corrected chi connectivity index (χ4v) is 22.9. The van der Waals surface area contributed by atoms with Crippen LogP contribution in [0.5, 0.6) is 0 Å². The zero-order valence-electron chi connectivity index (χ0n) is 25.0. The molecule has 0 bridgehead atoms. The number of halogens is 2. The van der Waals surface area contributed by atoms with Gasteiger partial charge in [0.1, 0.15) is 0 Å². The molecule has 0 aromatic heterocycles. The molecular formula is C40H36Cl2SiZr. The molecule has 0 fully saturated rings. The Bertz CT molecular complexity index is 2040. The van der Waals surface area contributed by atoms with Gasteiger partial charge in [-0.05, 0) is 0 Å². The Morgan fingerprint density at radius 1 is 0.455 bits per heavy atom. The number of hydrogen-bond acceptors (Lipinski definition) is 0. The first-order valence-electron chi connectivity index (χ1n) is 15.0. The van der Waals surface area contributed by atoms with Crippen molar-refractivity contribution in [3.05, 3.63) is 156 Å². The Hall–Kier alpha value is -3.00. The molecule has 0 spiro atoms. The average Bonchev–Trinajstić information content (AvgIpc) is 3.67. The summed E-state index contributed by atoms with van der Waals surface area (Å²) in [5.74, 6) is 0. The van der Waals surface area contributed by atoms with Gasteiger partial charge in [-0.25, -0.2) is 0 Å². The van der Waals surface area contributed by atoms with Crippen LogP contribution in [-0.4, -0.2) is 6.88 Å². The molecule has 2 atom stereocenters. The summed E-state index contributed by atoms with van der Waals surface area (Å²) in [6, 6.07) is 45.0. The number of rotatable bonds is 4. The summed E-state index contributed by atoms with van der Waals surface area (Å²) in [6.45, 7) is 2.40. The second-order valence-corrected chi connectivity index (χ2v) is 44.0. The van der Waals surface area contributed by atoms with Crippen molar-refractivity contribution in [1.29, 1.82) is 0 Å². The molecule has 8 rings (SSSR count). The van der Waals surface area contributed by atoms with Crippen molar-refractivity contribution in [3.63, 3.8) is 0 Å². The molecule has 0 N–H and O–H groups in total. The second-order valence-electron chi connectivity index (χ2n) is 13.3. The van der Waals surface area contributed by atoms with E-state index in [4.69, 9.17) is 0 Å². The predicted octanol–water partition coefficient (Wildman–Crippen LogP) is 11.3. The van der Waals surface area contributed by atoms with Gasteiger partial charge in [-0.2, -0.15) is 0 Å². The Morgan fingerprint density at radius 3 is 1.27 bits per heavy atom. The van der Waals surface area contributed by atoms with Crippen molar-refractivity contribution in [3.8, 4) is 22.3 Å². The third kappa shape index (κ3) is 4.74.